The van der Waals surface area contributed by atoms with Gasteiger partial charge in [-0.2, -0.15) is 0 Å². The quantitative estimate of drug-likeness (QED) is 0.0988. The van der Waals surface area contributed by atoms with Crippen LogP contribution in [0.25, 0.3) is 73.0 Å². The maximum Gasteiger partial charge on any atom is 0.0547 e. The lowest BCUT2D eigenvalue weighted by molar-refractivity contribution is 0.966. The minimum absolute atomic E-state index is 0.161. The Bertz CT molecular complexity index is 3390. The number of nitrogens with zero attached hydrogens (tertiary/aromatic N) is 2. The van der Waals surface area contributed by atoms with Gasteiger partial charge in [-0.25, -0.2) is 0 Å². The van der Waals surface area contributed by atoms with Gasteiger partial charge in [0.1, 0.15) is 0 Å². The highest BCUT2D eigenvalue weighted by Gasteiger charge is 2.19. The van der Waals surface area contributed by atoms with E-state index in [4.69, 9.17) is 0 Å². The van der Waals surface area contributed by atoms with Crippen LogP contribution in [0, 0.1) is 0 Å². The lowest BCUT2D eigenvalue weighted by Gasteiger charge is -2.27. The number of benzene rings is 8. The minimum Gasteiger partial charge on any atom is -0.311 e. The number of hydrogen-bond acceptors (Lipinski definition) is 1. The van der Waals surface area contributed by atoms with Gasteiger partial charge in [0.05, 0.1) is 11.0 Å². The summed E-state index contributed by atoms with van der Waals surface area (Å²) in [5.41, 5.74) is 20.0. The fourth-order valence-electron chi connectivity index (χ4n) is 9.56. The van der Waals surface area contributed by atoms with Gasteiger partial charge in [0, 0.05) is 33.5 Å². The SMILES string of the molecule is C=Cc1cccc(/C(C)=C/C=C(\C)c2ccc(N(C(/C=C\C(C)c3ccccc3-c3ccccc3)=C/C)c3cccc(-c4cccc5c4c4ccccc4n5-c4ccccc4)c3)cc2)c1/C=C\C. The molecule has 68 heavy (non-hydrogen) atoms. The number of allylic oxidation sites excluding steroid dienone is 8. The summed E-state index contributed by atoms with van der Waals surface area (Å²) >= 11 is 0. The fourth-order valence-corrected chi connectivity index (χ4v) is 9.56. The fraction of sp³-hybridized carbons (Fsp3) is 0.0909. The van der Waals surface area contributed by atoms with E-state index >= 15 is 0 Å². The Hall–Kier alpha value is -8.20. The van der Waals surface area contributed by atoms with Crippen molar-refractivity contribution in [1.29, 1.82) is 0 Å². The number of fused-ring (bicyclic) bond motifs is 3. The average molecular weight is 879 g/mol. The molecular formula is C66H58N2. The van der Waals surface area contributed by atoms with Gasteiger partial charge in [-0.3, -0.25) is 0 Å². The average Bonchev–Trinajstić information content (AvgIpc) is 3.74. The minimum atomic E-state index is 0.161. The molecule has 0 saturated carbocycles. The Balaban J connectivity index is 1.12. The molecule has 332 valence electrons. The Labute approximate surface area is 403 Å². The summed E-state index contributed by atoms with van der Waals surface area (Å²) in [6, 6.07) is 70.1. The van der Waals surface area contributed by atoms with E-state index in [-0.39, 0.29) is 5.92 Å². The monoisotopic (exact) mass is 878 g/mol. The molecule has 0 aliphatic heterocycles. The number of para-hydroxylation sites is 2. The smallest absolute Gasteiger partial charge is 0.0547 e. The zero-order valence-corrected chi connectivity index (χ0v) is 39.8. The molecule has 0 N–H and O–H groups in total. The van der Waals surface area contributed by atoms with Crippen LogP contribution in [0.4, 0.5) is 11.4 Å². The van der Waals surface area contributed by atoms with E-state index in [0.717, 1.165) is 33.9 Å². The number of rotatable bonds is 14. The second-order valence-corrected chi connectivity index (χ2v) is 17.3. The third-order valence-electron chi connectivity index (χ3n) is 13.1. The molecule has 2 heteroatoms. The van der Waals surface area contributed by atoms with Crippen LogP contribution in [0.15, 0.2) is 243 Å². The Morgan fingerprint density at radius 3 is 2.00 bits per heavy atom. The topological polar surface area (TPSA) is 8.17 Å². The molecule has 1 atom stereocenters. The molecule has 0 aliphatic rings. The van der Waals surface area contributed by atoms with Crippen molar-refractivity contribution in [1.82, 2.24) is 4.57 Å². The van der Waals surface area contributed by atoms with Crippen LogP contribution in [0.3, 0.4) is 0 Å². The van der Waals surface area contributed by atoms with Crippen LogP contribution in [0.5, 0.6) is 0 Å². The zero-order chi connectivity index (χ0) is 47.0. The summed E-state index contributed by atoms with van der Waals surface area (Å²) in [5, 5.41) is 2.48. The van der Waals surface area contributed by atoms with Gasteiger partial charge < -0.3 is 9.47 Å². The summed E-state index contributed by atoms with van der Waals surface area (Å²) < 4.78 is 2.39. The molecule has 2 nitrogen and oxygen atoms in total. The van der Waals surface area contributed by atoms with Gasteiger partial charge in [0.15, 0.2) is 0 Å². The standard InChI is InChI=1S/C66H58N2/c1-7-23-60-50(8-2)26-21-34-59(60)48(5)39-38-47(4)51-41-44-56(45-42-51)67(54(9-3)43-40-49(6)58-31-16-17-32-61(58)52-24-12-10-13-25-52)57-30-20-27-53(46-57)62-35-22-37-65-66(62)63-33-18-19-36-64(63)68(65)55-28-14-11-15-29-55/h7-46,49H,2H2,1,3-6H3/b23-7-,43-40-,47-38+,48-39+,54-9+. The van der Waals surface area contributed by atoms with Crippen molar-refractivity contribution in [3.05, 3.63) is 271 Å². The first-order chi connectivity index (χ1) is 33.4. The van der Waals surface area contributed by atoms with Gasteiger partial charge in [-0.15, -0.1) is 0 Å². The van der Waals surface area contributed by atoms with E-state index in [1.807, 2.05) is 6.08 Å². The van der Waals surface area contributed by atoms with Gasteiger partial charge in [-0.05, 0) is 149 Å². The van der Waals surface area contributed by atoms with Gasteiger partial charge in [0.2, 0.25) is 0 Å². The van der Waals surface area contributed by atoms with Gasteiger partial charge in [-0.1, -0.05) is 202 Å². The van der Waals surface area contributed by atoms with Gasteiger partial charge >= 0.3 is 0 Å². The number of hydrogen-bond donors (Lipinski definition) is 0. The van der Waals surface area contributed by atoms with Gasteiger partial charge in [0.25, 0.3) is 0 Å². The predicted octanol–water partition coefficient (Wildman–Crippen LogP) is 18.7. The van der Waals surface area contributed by atoms with E-state index in [2.05, 4.69) is 287 Å². The second-order valence-electron chi connectivity index (χ2n) is 17.3. The number of anilines is 2. The van der Waals surface area contributed by atoms with Crippen molar-refractivity contribution in [3.8, 4) is 27.9 Å². The van der Waals surface area contributed by atoms with Crippen LogP contribution >= 0.6 is 0 Å². The van der Waals surface area contributed by atoms with E-state index in [0.29, 0.717) is 0 Å². The van der Waals surface area contributed by atoms with Crippen molar-refractivity contribution in [2.75, 3.05) is 4.90 Å². The van der Waals surface area contributed by atoms with Crippen molar-refractivity contribution >= 4 is 56.5 Å². The highest BCUT2D eigenvalue weighted by Crippen LogP contribution is 2.41. The first kappa shape index (κ1) is 45.0. The Kier molecular flexibility index (Phi) is 13.6. The van der Waals surface area contributed by atoms with Crippen LogP contribution in [0.2, 0.25) is 0 Å². The van der Waals surface area contributed by atoms with E-state index < -0.39 is 0 Å². The first-order valence-electron chi connectivity index (χ1n) is 23.7. The van der Waals surface area contributed by atoms with Crippen molar-refractivity contribution in [2.24, 2.45) is 0 Å². The third-order valence-corrected chi connectivity index (χ3v) is 13.1. The normalized spacial score (nSPS) is 12.9. The molecule has 0 saturated heterocycles. The molecule has 1 aromatic heterocycles. The molecule has 0 bridgehead atoms. The van der Waals surface area contributed by atoms with Crippen LogP contribution in [0.1, 0.15) is 68.4 Å². The van der Waals surface area contributed by atoms with E-state index in [9.17, 15) is 0 Å². The number of aromatic nitrogens is 1. The molecular weight excluding hydrogens is 821 g/mol. The molecule has 0 radical (unpaired) electrons. The molecule has 9 aromatic rings. The molecule has 8 aromatic carbocycles. The summed E-state index contributed by atoms with van der Waals surface area (Å²) in [6.07, 6.45) is 17.5. The predicted molar refractivity (Wildman–Crippen MR) is 297 cm³/mol. The molecule has 0 aliphatic carbocycles. The van der Waals surface area contributed by atoms with Crippen LogP contribution in [-0.4, -0.2) is 4.57 Å². The lowest BCUT2D eigenvalue weighted by atomic mass is 9.91. The second kappa shape index (κ2) is 20.5. The lowest BCUT2D eigenvalue weighted by Crippen LogP contribution is -2.15. The summed E-state index contributed by atoms with van der Waals surface area (Å²) in [7, 11) is 0. The molecule has 0 spiro atoms. The highest BCUT2D eigenvalue weighted by atomic mass is 15.1. The maximum atomic E-state index is 4.06. The molecule has 1 heterocycles. The molecule has 1 unspecified atom stereocenters. The Morgan fingerprint density at radius 2 is 1.24 bits per heavy atom. The molecule has 0 amide bonds. The molecule has 0 fully saturated rings. The summed E-state index contributed by atoms with van der Waals surface area (Å²) in [6.45, 7) is 14.9. The maximum absolute atomic E-state index is 4.06. The van der Waals surface area contributed by atoms with Crippen molar-refractivity contribution in [3.63, 3.8) is 0 Å². The largest absolute Gasteiger partial charge is 0.311 e. The highest BCUT2D eigenvalue weighted by molar-refractivity contribution is 6.16. The zero-order valence-electron chi connectivity index (χ0n) is 39.8. The van der Waals surface area contributed by atoms with E-state index in [1.165, 1.54) is 71.9 Å². The molecule has 9 rings (SSSR count). The summed E-state index contributed by atoms with van der Waals surface area (Å²) in [5.74, 6) is 0.161. The van der Waals surface area contributed by atoms with E-state index in [1.54, 1.807) is 0 Å². The first-order valence-corrected chi connectivity index (χ1v) is 23.7. The van der Waals surface area contributed by atoms with Crippen molar-refractivity contribution < 1.29 is 0 Å². The van der Waals surface area contributed by atoms with Crippen LogP contribution in [-0.2, 0) is 0 Å². The van der Waals surface area contributed by atoms with Crippen molar-refractivity contribution in [2.45, 2.75) is 40.5 Å². The summed E-state index contributed by atoms with van der Waals surface area (Å²) in [4.78, 5) is 2.39. The Morgan fingerprint density at radius 1 is 0.588 bits per heavy atom. The third kappa shape index (κ3) is 9.14. The van der Waals surface area contributed by atoms with Crippen LogP contribution < -0.4 is 4.90 Å².